The van der Waals surface area contributed by atoms with Gasteiger partial charge in [-0.3, -0.25) is 14.9 Å². The van der Waals surface area contributed by atoms with E-state index in [1.807, 2.05) is 36.4 Å². The summed E-state index contributed by atoms with van der Waals surface area (Å²) in [4.78, 5) is 42.0. The molecule has 4 rings (SSSR count). The quantitative estimate of drug-likeness (QED) is 0.125. The van der Waals surface area contributed by atoms with Gasteiger partial charge < -0.3 is 25.5 Å². The maximum atomic E-state index is 12.0. The molecule has 0 bridgehead atoms. The molecule has 0 atom stereocenters. The number of rotatable bonds is 8. The van der Waals surface area contributed by atoms with E-state index < -0.39 is 16.6 Å². The number of fused-ring (bicyclic) bond motifs is 1. The van der Waals surface area contributed by atoms with Gasteiger partial charge in [0.2, 0.25) is 5.91 Å². The predicted octanol–water partition coefficient (Wildman–Crippen LogP) is 5.61. The molecular formula is C30H31N5O6. The first-order valence-corrected chi connectivity index (χ1v) is 12.9. The zero-order valence-electron chi connectivity index (χ0n) is 23.1. The number of hydrogen-bond acceptors (Lipinski definition) is 7. The Labute approximate surface area is 236 Å². The summed E-state index contributed by atoms with van der Waals surface area (Å²) >= 11 is 0. The number of carbonyl (C=O) groups excluding carboxylic acids is 2. The van der Waals surface area contributed by atoms with Gasteiger partial charge in [-0.25, -0.2) is 9.79 Å². The first-order chi connectivity index (χ1) is 19.4. The van der Waals surface area contributed by atoms with Gasteiger partial charge in [0.05, 0.1) is 21.9 Å². The third kappa shape index (κ3) is 7.47. The normalized spacial score (nSPS) is 11.8. The summed E-state index contributed by atoms with van der Waals surface area (Å²) in [5, 5.41) is 28.3. The molecular weight excluding hydrogens is 526 g/mol. The number of ether oxygens (including phenoxy) is 1. The Morgan fingerprint density at radius 1 is 0.976 bits per heavy atom. The van der Waals surface area contributed by atoms with Gasteiger partial charge in [-0.1, -0.05) is 36.4 Å². The lowest BCUT2D eigenvalue weighted by Gasteiger charge is -2.19. The number of aromatic hydroxyl groups is 1. The van der Waals surface area contributed by atoms with Crippen LogP contribution in [0.25, 0.3) is 10.9 Å². The second-order valence-electron chi connectivity index (χ2n) is 10.4. The SMILES string of the molecule is CC(=O)NCc1ccc(C(=Nc2ccc(CNC(=O)OC(C)(C)C)cc2)c2c(O)[nH]c3ccc([N+](=O)[O-])cc23)cc1. The lowest BCUT2D eigenvalue weighted by Crippen LogP contribution is -2.32. The Bertz CT molecular complexity index is 1620. The summed E-state index contributed by atoms with van der Waals surface area (Å²) in [6.07, 6.45) is -0.521. The summed E-state index contributed by atoms with van der Waals surface area (Å²) in [5.74, 6) is -0.328. The molecule has 0 radical (unpaired) electrons. The highest BCUT2D eigenvalue weighted by molar-refractivity contribution is 6.22. The molecule has 11 nitrogen and oxygen atoms in total. The van der Waals surface area contributed by atoms with Crippen molar-refractivity contribution in [1.82, 2.24) is 15.6 Å². The van der Waals surface area contributed by atoms with Gasteiger partial charge in [0.15, 0.2) is 5.88 Å². The Kier molecular flexibility index (Phi) is 8.37. The van der Waals surface area contributed by atoms with Crippen LogP contribution in [0.4, 0.5) is 16.2 Å². The van der Waals surface area contributed by atoms with E-state index in [2.05, 4.69) is 15.6 Å². The second kappa shape index (κ2) is 11.9. The number of aromatic amines is 1. The highest BCUT2D eigenvalue weighted by Crippen LogP contribution is 2.33. The van der Waals surface area contributed by atoms with Crippen molar-refractivity contribution in [1.29, 1.82) is 0 Å². The molecule has 1 aromatic heterocycles. The van der Waals surface area contributed by atoms with E-state index in [1.54, 1.807) is 32.9 Å². The van der Waals surface area contributed by atoms with Crippen LogP contribution >= 0.6 is 0 Å². The minimum atomic E-state index is -0.602. The summed E-state index contributed by atoms with van der Waals surface area (Å²) < 4.78 is 5.27. The predicted molar refractivity (Wildman–Crippen MR) is 155 cm³/mol. The van der Waals surface area contributed by atoms with Gasteiger partial charge in [-0.15, -0.1) is 0 Å². The molecule has 0 saturated heterocycles. The summed E-state index contributed by atoms with van der Waals surface area (Å²) in [7, 11) is 0. The van der Waals surface area contributed by atoms with Crippen LogP contribution < -0.4 is 10.6 Å². The molecule has 4 aromatic rings. The first kappa shape index (κ1) is 28.8. The molecule has 0 saturated carbocycles. The number of non-ortho nitro benzene ring substituents is 1. The van der Waals surface area contributed by atoms with E-state index >= 15 is 0 Å². The third-order valence-corrected chi connectivity index (χ3v) is 5.99. The molecule has 212 valence electrons. The first-order valence-electron chi connectivity index (χ1n) is 12.9. The van der Waals surface area contributed by atoms with Crippen LogP contribution in [0.5, 0.6) is 5.88 Å². The van der Waals surface area contributed by atoms with Gasteiger partial charge in [0.25, 0.3) is 5.69 Å². The fraction of sp³-hybridized carbons (Fsp3) is 0.233. The molecule has 4 N–H and O–H groups in total. The van der Waals surface area contributed by atoms with E-state index in [9.17, 15) is 24.8 Å². The van der Waals surface area contributed by atoms with Gasteiger partial charge >= 0.3 is 6.09 Å². The lowest BCUT2D eigenvalue weighted by atomic mass is 9.99. The van der Waals surface area contributed by atoms with Crippen molar-refractivity contribution < 1.29 is 24.4 Å². The van der Waals surface area contributed by atoms with Crippen LogP contribution in [0.3, 0.4) is 0 Å². The monoisotopic (exact) mass is 557 g/mol. The average Bonchev–Trinajstić information content (AvgIpc) is 3.24. The standard InChI is InChI=1S/C30H31N5O6/c1-18(36)31-16-19-5-9-21(10-6-19)27(26-24-15-23(35(39)40)13-14-25(24)34-28(26)37)33-22-11-7-20(8-12-22)17-32-29(38)41-30(2,3)4/h5-15,34,37H,16-17H2,1-4H3,(H,31,36)(H,32,38). The number of amides is 2. The number of H-pyrrole nitrogens is 1. The molecule has 0 aliphatic carbocycles. The van der Waals surface area contributed by atoms with Crippen molar-refractivity contribution in [2.75, 3.05) is 0 Å². The van der Waals surface area contributed by atoms with Crippen LogP contribution in [0, 0.1) is 10.1 Å². The number of aliphatic imine (C=N–C) groups is 1. The fourth-order valence-corrected chi connectivity index (χ4v) is 4.10. The fourth-order valence-electron chi connectivity index (χ4n) is 4.10. The van der Waals surface area contributed by atoms with Crippen LogP contribution in [-0.4, -0.2) is 38.3 Å². The maximum absolute atomic E-state index is 12.0. The molecule has 0 fully saturated rings. The van der Waals surface area contributed by atoms with E-state index in [-0.39, 0.29) is 24.0 Å². The largest absolute Gasteiger partial charge is 0.494 e. The maximum Gasteiger partial charge on any atom is 0.407 e. The molecule has 0 aliphatic rings. The van der Waals surface area contributed by atoms with Crippen molar-refractivity contribution in [3.8, 4) is 5.88 Å². The molecule has 0 unspecified atom stereocenters. The zero-order valence-corrected chi connectivity index (χ0v) is 23.1. The van der Waals surface area contributed by atoms with E-state index in [0.717, 1.165) is 11.1 Å². The van der Waals surface area contributed by atoms with E-state index in [1.165, 1.54) is 25.1 Å². The van der Waals surface area contributed by atoms with Crippen LogP contribution in [-0.2, 0) is 22.6 Å². The lowest BCUT2D eigenvalue weighted by molar-refractivity contribution is -0.384. The third-order valence-electron chi connectivity index (χ3n) is 5.99. The topological polar surface area (TPSA) is 159 Å². The molecule has 2 amide bonds. The second-order valence-corrected chi connectivity index (χ2v) is 10.4. The van der Waals surface area contributed by atoms with Crippen LogP contribution in [0.15, 0.2) is 71.7 Å². The summed E-state index contributed by atoms with van der Waals surface area (Å²) in [5.41, 5.74) is 3.39. The highest BCUT2D eigenvalue weighted by atomic mass is 16.6. The molecule has 0 aliphatic heterocycles. The number of nitrogens with zero attached hydrogens (tertiary/aromatic N) is 2. The van der Waals surface area contributed by atoms with Crippen molar-refractivity contribution >= 4 is 40.0 Å². The number of aromatic nitrogens is 1. The molecule has 0 spiro atoms. The van der Waals surface area contributed by atoms with Crippen LogP contribution in [0.2, 0.25) is 0 Å². The molecule has 11 heteroatoms. The number of nitrogens with one attached hydrogen (secondary N) is 3. The number of hydrogen-bond donors (Lipinski definition) is 4. The van der Waals surface area contributed by atoms with Gasteiger partial charge in [-0.05, 0) is 50.1 Å². The van der Waals surface area contributed by atoms with Gasteiger partial charge in [0, 0.05) is 48.6 Å². The molecule has 3 aromatic carbocycles. The van der Waals surface area contributed by atoms with Crippen molar-refractivity contribution in [3.63, 3.8) is 0 Å². The summed E-state index contributed by atoms with van der Waals surface area (Å²) in [6.45, 7) is 7.42. The number of alkyl carbamates (subject to hydrolysis) is 1. The minimum absolute atomic E-state index is 0.121. The number of benzene rings is 3. The zero-order chi connectivity index (χ0) is 29.7. The van der Waals surface area contributed by atoms with Crippen LogP contribution in [0.1, 0.15) is 49.9 Å². The Morgan fingerprint density at radius 2 is 1.59 bits per heavy atom. The number of nitro groups is 1. The Morgan fingerprint density at radius 3 is 2.17 bits per heavy atom. The highest BCUT2D eigenvalue weighted by Gasteiger charge is 2.21. The Balaban J connectivity index is 1.71. The smallest absolute Gasteiger partial charge is 0.407 e. The van der Waals surface area contributed by atoms with Crippen molar-refractivity contribution in [2.45, 2.75) is 46.4 Å². The Hall–Kier alpha value is -5.19. The average molecular weight is 558 g/mol. The summed E-state index contributed by atoms with van der Waals surface area (Å²) in [6, 6.07) is 18.7. The number of carbonyl (C=O) groups is 2. The van der Waals surface area contributed by atoms with Gasteiger partial charge in [0.1, 0.15) is 5.60 Å². The van der Waals surface area contributed by atoms with E-state index in [0.29, 0.717) is 40.0 Å². The number of nitro benzene ring substituents is 1. The molecule has 41 heavy (non-hydrogen) atoms. The van der Waals surface area contributed by atoms with E-state index in [4.69, 9.17) is 9.73 Å². The van der Waals surface area contributed by atoms with Gasteiger partial charge in [-0.2, -0.15) is 0 Å². The van der Waals surface area contributed by atoms with Crippen molar-refractivity contribution in [3.05, 3.63) is 99.1 Å². The van der Waals surface area contributed by atoms with Crippen molar-refractivity contribution in [2.24, 2.45) is 4.99 Å². The molecule has 1 heterocycles. The minimum Gasteiger partial charge on any atom is -0.494 e.